The molecule has 1 aromatic heterocycles. The number of para-hydroxylation sites is 1. The van der Waals surface area contributed by atoms with Gasteiger partial charge in [-0.2, -0.15) is 0 Å². The fourth-order valence-corrected chi connectivity index (χ4v) is 5.36. The van der Waals surface area contributed by atoms with Crippen molar-refractivity contribution in [2.45, 2.75) is 25.7 Å². The number of rotatable bonds is 4. The average Bonchev–Trinajstić information content (AvgIpc) is 3.09. The highest BCUT2D eigenvalue weighted by Gasteiger charge is 2.42. The smallest absolute Gasteiger partial charge is 0.269 e. The molecule has 1 aliphatic heterocycles. The molecule has 0 N–H and O–H groups in total. The monoisotopic (exact) mass is 408 g/mol. The van der Waals surface area contributed by atoms with Crippen molar-refractivity contribution in [2.24, 2.45) is 0 Å². The lowest BCUT2D eigenvalue weighted by molar-refractivity contribution is 0.0820. The molecule has 0 aliphatic carbocycles. The lowest BCUT2D eigenvalue weighted by atomic mass is 10.1. The number of sulfonamides is 1. The molecule has 0 unspecified atom stereocenters. The minimum atomic E-state index is -4.02. The second-order valence-corrected chi connectivity index (χ2v) is 8.97. The van der Waals surface area contributed by atoms with Crippen LogP contribution < -0.4 is 0 Å². The molecule has 0 fully saturated rings. The van der Waals surface area contributed by atoms with Crippen LogP contribution in [0.1, 0.15) is 37.7 Å². The van der Waals surface area contributed by atoms with E-state index in [1.807, 2.05) is 49.6 Å². The number of benzene rings is 2. The largest absolute Gasteiger partial charge is 0.317 e. The summed E-state index contributed by atoms with van der Waals surface area (Å²) in [7, 11) is -4.02. The summed E-state index contributed by atoms with van der Waals surface area (Å²) in [5.41, 5.74) is 4.10. The maximum Gasteiger partial charge on any atom is 0.269 e. The van der Waals surface area contributed by atoms with E-state index >= 15 is 0 Å². The Morgan fingerprint density at radius 3 is 2.31 bits per heavy atom. The van der Waals surface area contributed by atoms with Crippen molar-refractivity contribution in [3.63, 3.8) is 0 Å². The molecule has 0 radical (unpaired) electrons. The minimum Gasteiger partial charge on any atom is -0.317 e. The Labute approximate surface area is 169 Å². The van der Waals surface area contributed by atoms with E-state index < -0.39 is 28.3 Å². The van der Waals surface area contributed by atoms with Gasteiger partial charge in [0, 0.05) is 22.6 Å². The Kier molecular flexibility index (Phi) is 4.42. The van der Waals surface area contributed by atoms with Gasteiger partial charge in [-0.3, -0.25) is 9.59 Å². The summed E-state index contributed by atoms with van der Waals surface area (Å²) >= 11 is 0. The standard InChI is InChI=1S/C22H20N2O4S/c1-14-8-4-6-10-19(14)24-15(2)12-18(16(24)3)20(25)13-23-22(26)17-9-5-7-11-21(17)29(23,27)28/h4-12H,13H2,1-3H3. The second kappa shape index (κ2) is 6.70. The van der Waals surface area contributed by atoms with Gasteiger partial charge in [-0.05, 0) is 50.6 Å². The molecular formula is C22H20N2O4S. The van der Waals surface area contributed by atoms with Crippen molar-refractivity contribution in [3.05, 3.63) is 82.7 Å². The minimum absolute atomic E-state index is 0.0526. The lowest BCUT2D eigenvalue weighted by Gasteiger charge is -2.15. The molecule has 0 saturated carbocycles. The van der Waals surface area contributed by atoms with Crippen LogP contribution in [0.3, 0.4) is 0 Å². The van der Waals surface area contributed by atoms with Gasteiger partial charge in [0.1, 0.15) is 11.4 Å². The van der Waals surface area contributed by atoms with Crippen LogP contribution in [0, 0.1) is 20.8 Å². The number of amides is 1. The molecule has 0 atom stereocenters. The van der Waals surface area contributed by atoms with Crippen LogP contribution in [0.15, 0.2) is 59.5 Å². The molecule has 148 valence electrons. The van der Waals surface area contributed by atoms with E-state index in [0.717, 1.165) is 16.9 Å². The molecule has 4 rings (SSSR count). The van der Waals surface area contributed by atoms with E-state index in [1.54, 1.807) is 18.2 Å². The molecule has 3 aromatic rings. The zero-order valence-corrected chi connectivity index (χ0v) is 17.2. The molecule has 7 heteroatoms. The number of aromatic nitrogens is 1. The van der Waals surface area contributed by atoms with Crippen LogP contribution in [0.2, 0.25) is 0 Å². The molecular weight excluding hydrogens is 388 g/mol. The van der Waals surface area contributed by atoms with Crippen molar-refractivity contribution in [3.8, 4) is 5.69 Å². The van der Waals surface area contributed by atoms with Gasteiger partial charge >= 0.3 is 0 Å². The fourth-order valence-electron chi connectivity index (χ4n) is 3.83. The first-order chi connectivity index (χ1) is 13.7. The summed E-state index contributed by atoms with van der Waals surface area (Å²) in [5, 5.41) is 0. The Morgan fingerprint density at radius 2 is 1.62 bits per heavy atom. The summed E-state index contributed by atoms with van der Waals surface area (Å²) in [6.07, 6.45) is 0. The molecule has 0 bridgehead atoms. The fraction of sp³-hybridized carbons (Fsp3) is 0.182. The number of carbonyl (C=O) groups excluding carboxylic acids is 2. The number of hydrogen-bond acceptors (Lipinski definition) is 4. The molecule has 29 heavy (non-hydrogen) atoms. The van der Waals surface area contributed by atoms with E-state index in [-0.39, 0.29) is 10.5 Å². The zero-order chi connectivity index (χ0) is 20.9. The number of Topliss-reactive ketones (excluding diaryl/α,β-unsaturated/α-hetero) is 1. The highest BCUT2D eigenvalue weighted by molar-refractivity contribution is 7.90. The van der Waals surface area contributed by atoms with E-state index in [0.29, 0.717) is 15.6 Å². The first-order valence-corrected chi connectivity index (χ1v) is 10.6. The summed E-state index contributed by atoms with van der Waals surface area (Å²) in [5.74, 6) is -1.08. The van der Waals surface area contributed by atoms with Gasteiger partial charge in [0.25, 0.3) is 15.9 Å². The van der Waals surface area contributed by atoms with Gasteiger partial charge in [0.2, 0.25) is 0 Å². The van der Waals surface area contributed by atoms with E-state index in [2.05, 4.69) is 0 Å². The highest BCUT2D eigenvalue weighted by atomic mass is 32.2. The SMILES string of the molecule is Cc1ccccc1-n1c(C)cc(C(=O)CN2C(=O)c3ccccc3S2(=O)=O)c1C. The van der Waals surface area contributed by atoms with Crippen molar-refractivity contribution >= 4 is 21.7 Å². The molecule has 1 aliphatic rings. The van der Waals surface area contributed by atoms with E-state index in [9.17, 15) is 18.0 Å². The first-order valence-electron chi connectivity index (χ1n) is 9.17. The third kappa shape index (κ3) is 2.89. The molecule has 0 saturated heterocycles. The Bertz CT molecular complexity index is 1270. The predicted octanol–water partition coefficient (Wildman–Crippen LogP) is 3.43. The summed E-state index contributed by atoms with van der Waals surface area (Å²) in [6, 6.07) is 15.6. The zero-order valence-electron chi connectivity index (χ0n) is 16.3. The van der Waals surface area contributed by atoms with Crippen molar-refractivity contribution in [1.82, 2.24) is 8.87 Å². The number of fused-ring (bicyclic) bond motifs is 1. The normalized spacial score (nSPS) is 14.9. The number of ketones is 1. The number of carbonyl (C=O) groups is 2. The summed E-state index contributed by atoms with van der Waals surface area (Å²) in [6.45, 7) is 5.18. The van der Waals surface area contributed by atoms with Gasteiger partial charge in [-0.25, -0.2) is 12.7 Å². The predicted molar refractivity (Wildman–Crippen MR) is 109 cm³/mol. The number of nitrogens with zero attached hydrogens (tertiary/aromatic N) is 2. The van der Waals surface area contributed by atoms with Crippen LogP contribution in [-0.4, -0.2) is 35.5 Å². The lowest BCUT2D eigenvalue weighted by Crippen LogP contribution is -2.35. The molecule has 2 aromatic carbocycles. The van der Waals surface area contributed by atoms with Crippen LogP contribution in [-0.2, 0) is 10.0 Å². The average molecular weight is 408 g/mol. The van der Waals surface area contributed by atoms with E-state index in [4.69, 9.17) is 0 Å². The molecule has 2 heterocycles. The summed E-state index contributed by atoms with van der Waals surface area (Å²) < 4.78 is 28.1. The molecule has 6 nitrogen and oxygen atoms in total. The van der Waals surface area contributed by atoms with E-state index in [1.165, 1.54) is 12.1 Å². The number of hydrogen-bond donors (Lipinski definition) is 0. The third-order valence-corrected chi connectivity index (χ3v) is 7.07. The van der Waals surface area contributed by atoms with Crippen LogP contribution in [0.25, 0.3) is 5.69 Å². The van der Waals surface area contributed by atoms with Gasteiger partial charge < -0.3 is 4.57 Å². The maximum atomic E-state index is 13.0. The van der Waals surface area contributed by atoms with Gasteiger partial charge in [0.15, 0.2) is 5.78 Å². The topological polar surface area (TPSA) is 76.5 Å². The van der Waals surface area contributed by atoms with Gasteiger partial charge in [-0.1, -0.05) is 30.3 Å². The Hall–Kier alpha value is -3.19. The van der Waals surface area contributed by atoms with Crippen LogP contribution in [0.4, 0.5) is 0 Å². The van der Waals surface area contributed by atoms with Crippen LogP contribution in [0.5, 0.6) is 0 Å². The van der Waals surface area contributed by atoms with Crippen molar-refractivity contribution < 1.29 is 18.0 Å². The summed E-state index contributed by atoms with van der Waals surface area (Å²) in [4.78, 5) is 25.6. The quantitative estimate of drug-likeness (QED) is 0.620. The highest BCUT2D eigenvalue weighted by Crippen LogP contribution is 2.31. The Balaban J connectivity index is 1.70. The maximum absolute atomic E-state index is 13.0. The first kappa shape index (κ1) is 19.1. The van der Waals surface area contributed by atoms with Gasteiger partial charge in [0.05, 0.1) is 5.56 Å². The Morgan fingerprint density at radius 1 is 0.966 bits per heavy atom. The van der Waals surface area contributed by atoms with Crippen molar-refractivity contribution in [1.29, 1.82) is 0 Å². The van der Waals surface area contributed by atoms with Crippen LogP contribution >= 0.6 is 0 Å². The second-order valence-electron chi connectivity index (χ2n) is 7.14. The van der Waals surface area contributed by atoms with Crippen molar-refractivity contribution in [2.75, 3.05) is 6.54 Å². The number of aryl methyl sites for hydroxylation is 2. The molecule has 0 spiro atoms. The third-order valence-electron chi connectivity index (χ3n) is 5.29. The molecule has 1 amide bonds. The van der Waals surface area contributed by atoms with Gasteiger partial charge in [-0.15, -0.1) is 0 Å².